The quantitative estimate of drug-likeness (QED) is 0.675. The average molecular weight is 394 g/mol. The number of amides is 1. The molecule has 142 valence electrons. The zero-order valence-corrected chi connectivity index (χ0v) is 16.3. The molecular weight excluding hydrogens is 376 g/mol. The second kappa shape index (κ2) is 7.13. The van der Waals surface area contributed by atoms with Gasteiger partial charge in [-0.25, -0.2) is 4.79 Å². The maximum absolute atomic E-state index is 12.8. The summed E-state index contributed by atoms with van der Waals surface area (Å²) in [5.74, 6) is 0.402. The molecule has 4 rings (SSSR count). The highest BCUT2D eigenvalue weighted by molar-refractivity contribution is 7.16. The van der Waals surface area contributed by atoms with Gasteiger partial charge in [-0.05, 0) is 42.9 Å². The number of nitrogens with one attached hydrogen (secondary N) is 1. The minimum Gasteiger partial charge on any atom is -0.493 e. The molecule has 0 saturated carbocycles. The van der Waals surface area contributed by atoms with E-state index in [2.05, 4.69) is 18.3 Å². The number of thiophene rings is 1. The Morgan fingerprint density at radius 3 is 3.00 bits per heavy atom. The molecule has 1 atom stereocenters. The minimum atomic E-state index is -0.747. The number of anilines is 1. The molecule has 1 amide bonds. The summed E-state index contributed by atoms with van der Waals surface area (Å²) in [4.78, 5) is 26.3. The highest BCUT2D eigenvalue weighted by Crippen LogP contribution is 2.39. The molecule has 3 aromatic rings. The summed E-state index contributed by atoms with van der Waals surface area (Å²) in [5.41, 5.74) is 0.973. The Balaban J connectivity index is 1.71. The zero-order valence-electron chi connectivity index (χ0n) is 15.5. The van der Waals surface area contributed by atoms with E-state index in [0.717, 1.165) is 29.7 Å². The number of para-hydroxylation sites is 1. The summed E-state index contributed by atoms with van der Waals surface area (Å²) in [7, 11) is 1.48. The van der Waals surface area contributed by atoms with Crippen molar-refractivity contribution in [3.63, 3.8) is 0 Å². The summed E-state index contributed by atoms with van der Waals surface area (Å²) in [5, 5.41) is 13.4. The molecule has 2 aromatic heterocycles. The number of nitrogens with zero attached hydrogens (tertiary/aromatic N) is 1. The first-order valence-electron chi connectivity index (χ1n) is 8.98. The maximum atomic E-state index is 12.8. The molecule has 1 aliphatic rings. The van der Waals surface area contributed by atoms with E-state index in [-0.39, 0.29) is 5.56 Å². The maximum Gasteiger partial charge on any atom is 0.349 e. The van der Waals surface area contributed by atoms with Gasteiger partial charge in [-0.15, -0.1) is 11.3 Å². The molecule has 0 bridgehead atoms. The molecule has 28 heavy (non-hydrogen) atoms. The number of benzene rings is 1. The number of nitriles is 1. The van der Waals surface area contributed by atoms with Crippen LogP contribution in [0.2, 0.25) is 0 Å². The van der Waals surface area contributed by atoms with Crippen LogP contribution >= 0.6 is 11.3 Å². The standard InChI is InChI=1S/C21H18N2O4S/c1-11-6-7-13-15(10-22)20(28-17(13)8-11)23-19(24)14-9-12-4-3-5-16(26-2)18(12)27-21(14)25/h3-5,9,11H,6-8H2,1-2H3,(H,23,24)/t11-/m0/s1. The Bertz CT molecular complexity index is 1190. The first-order valence-corrected chi connectivity index (χ1v) is 9.80. The number of methoxy groups -OCH3 is 1. The summed E-state index contributed by atoms with van der Waals surface area (Å²) in [6.45, 7) is 2.18. The fourth-order valence-electron chi connectivity index (χ4n) is 3.56. The summed E-state index contributed by atoms with van der Waals surface area (Å²) >= 11 is 1.42. The first kappa shape index (κ1) is 18.3. The van der Waals surface area contributed by atoms with Crippen LogP contribution in [-0.4, -0.2) is 13.0 Å². The Kier molecular flexibility index (Phi) is 4.65. The lowest BCUT2D eigenvalue weighted by molar-refractivity contribution is 0.102. The predicted molar refractivity (Wildman–Crippen MR) is 107 cm³/mol. The molecule has 0 aliphatic heterocycles. The van der Waals surface area contributed by atoms with Gasteiger partial charge in [0.1, 0.15) is 16.6 Å². The number of hydrogen-bond acceptors (Lipinski definition) is 6. The van der Waals surface area contributed by atoms with Crippen molar-refractivity contribution in [1.29, 1.82) is 5.26 Å². The van der Waals surface area contributed by atoms with E-state index in [4.69, 9.17) is 9.15 Å². The lowest BCUT2D eigenvalue weighted by Gasteiger charge is -2.17. The third kappa shape index (κ3) is 3.06. The number of rotatable bonds is 3. The van der Waals surface area contributed by atoms with Crippen molar-refractivity contribution in [3.05, 3.63) is 56.3 Å². The van der Waals surface area contributed by atoms with E-state index in [1.165, 1.54) is 24.5 Å². The second-order valence-electron chi connectivity index (χ2n) is 6.95. The van der Waals surface area contributed by atoms with E-state index in [9.17, 15) is 14.9 Å². The largest absolute Gasteiger partial charge is 0.493 e. The molecular formula is C21H18N2O4S. The van der Waals surface area contributed by atoms with Gasteiger partial charge in [0.2, 0.25) is 0 Å². The first-order chi connectivity index (χ1) is 13.5. The van der Waals surface area contributed by atoms with Crippen LogP contribution in [-0.2, 0) is 12.8 Å². The number of hydrogen-bond donors (Lipinski definition) is 1. The van der Waals surface area contributed by atoms with Crippen LogP contribution in [0.25, 0.3) is 11.0 Å². The third-order valence-corrected chi connectivity index (χ3v) is 6.21. The number of carbonyl (C=O) groups excluding carboxylic acids is 1. The van der Waals surface area contributed by atoms with Gasteiger partial charge in [0.05, 0.1) is 12.7 Å². The van der Waals surface area contributed by atoms with E-state index < -0.39 is 11.5 Å². The van der Waals surface area contributed by atoms with Gasteiger partial charge >= 0.3 is 5.63 Å². The molecule has 1 aromatic carbocycles. The highest BCUT2D eigenvalue weighted by Gasteiger charge is 2.25. The van der Waals surface area contributed by atoms with Gasteiger partial charge in [-0.3, -0.25) is 4.79 Å². The lowest BCUT2D eigenvalue weighted by atomic mass is 9.88. The van der Waals surface area contributed by atoms with E-state index in [0.29, 0.717) is 33.2 Å². The van der Waals surface area contributed by atoms with Gasteiger partial charge in [-0.2, -0.15) is 5.26 Å². The zero-order chi connectivity index (χ0) is 19.8. The lowest BCUT2D eigenvalue weighted by Crippen LogP contribution is -2.20. The Morgan fingerprint density at radius 1 is 1.43 bits per heavy atom. The SMILES string of the molecule is COc1cccc2cc(C(=O)Nc3sc4c(c3C#N)CC[C@H](C)C4)c(=O)oc12. The molecule has 0 saturated heterocycles. The molecule has 6 nitrogen and oxygen atoms in total. The van der Waals surface area contributed by atoms with Gasteiger partial charge in [0.25, 0.3) is 5.91 Å². The normalized spacial score (nSPS) is 15.7. The number of ether oxygens (including phenoxy) is 1. The van der Waals surface area contributed by atoms with Crippen LogP contribution in [0.5, 0.6) is 5.75 Å². The van der Waals surface area contributed by atoms with Crippen molar-refractivity contribution in [2.45, 2.75) is 26.2 Å². The molecule has 0 radical (unpaired) electrons. The van der Waals surface area contributed by atoms with Crippen molar-refractivity contribution in [3.8, 4) is 11.8 Å². The van der Waals surface area contributed by atoms with Crippen LogP contribution in [0.1, 0.15) is 39.7 Å². The predicted octanol–water partition coefficient (Wildman–Crippen LogP) is 4.11. The summed E-state index contributed by atoms with van der Waals surface area (Å²) in [6.07, 6.45) is 2.77. The van der Waals surface area contributed by atoms with Gasteiger partial charge in [0, 0.05) is 10.3 Å². The summed E-state index contributed by atoms with van der Waals surface area (Å²) < 4.78 is 10.5. The van der Waals surface area contributed by atoms with E-state index >= 15 is 0 Å². The second-order valence-corrected chi connectivity index (χ2v) is 8.05. The van der Waals surface area contributed by atoms with Crippen molar-refractivity contribution in [2.75, 3.05) is 12.4 Å². The van der Waals surface area contributed by atoms with Crippen LogP contribution in [0, 0.1) is 17.2 Å². The summed E-state index contributed by atoms with van der Waals surface area (Å²) in [6, 6.07) is 8.88. The fraction of sp³-hybridized carbons (Fsp3) is 0.286. The van der Waals surface area contributed by atoms with Crippen molar-refractivity contribution >= 4 is 33.2 Å². The van der Waals surface area contributed by atoms with E-state index in [1.807, 2.05) is 0 Å². The minimum absolute atomic E-state index is 0.107. The average Bonchev–Trinajstić information content (AvgIpc) is 3.02. The van der Waals surface area contributed by atoms with Crippen molar-refractivity contribution < 1.29 is 13.9 Å². The van der Waals surface area contributed by atoms with Crippen LogP contribution in [0.3, 0.4) is 0 Å². The van der Waals surface area contributed by atoms with Gasteiger partial charge in [-0.1, -0.05) is 19.1 Å². The Morgan fingerprint density at radius 2 is 2.25 bits per heavy atom. The number of fused-ring (bicyclic) bond motifs is 2. The molecule has 2 heterocycles. The van der Waals surface area contributed by atoms with Crippen molar-refractivity contribution in [1.82, 2.24) is 0 Å². The van der Waals surface area contributed by atoms with Crippen LogP contribution in [0.15, 0.2) is 33.5 Å². The number of carbonyl (C=O) groups is 1. The molecule has 1 N–H and O–H groups in total. The monoisotopic (exact) mass is 394 g/mol. The third-order valence-electron chi connectivity index (χ3n) is 5.04. The fourth-order valence-corrected chi connectivity index (χ4v) is 4.92. The molecule has 1 aliphatic carbocycles. The Labute approximate surface area is 165 Å². The van der Waals surface area contributed by atoms with Crippen LogP contribution < -0.4 is 15.7 Å². The topological polar surface area (TPSA) is 92.3 Å². The smallest absolute Gasteiger partial charge is 0.349 e. The molecule has 0 spiro atoms. The molecule has 0 fully saturated rings. The van der Waals surface area contributed by atoms with Crippen molar-refractivity contribution in [2.24, 2.45) is 5.92 Å². The molecule has 0 unspecified atom stereocenters. The Hall–Kier alpha value is -3.11. The highest BCUT2D eigenvalue weighted by atomic mass is 32.1. The van der Waals surface area contributed by atoms with Gasteiger partial charge in [0.15, 0.2) is 11.3 Å². The van der Waals surface area contributed by atoms with Gasteiger partial charge < -0.3 is 14.5 Å². The van der Waals surface area contributed by atoms with Crippen LogP contribution in [0.4, 0.5) is 5.00 Å². The van der Waals surface area contributed by atoms with E-state index in [1.54, 1.807) is 18.2 Å². The molecule has 7 heteroatoms.